The molecule has 1 N–H and O–H groups in total. The highest BCUT2D eigenvalue weighted by atomic mass is 32.2. The number of hydrogen-bond acceptors (Lipinski definition) is 5. The Bertz CT molecular complexity index is 1490. The van der Waals surface area contributed by atoms with Crippen molar-refractivity contribution in [1.29, 1.82) is 5.26 Å². The SMILES string of the molecule is CCCNS(=O)(=O)c1ccc(-c2cccc(N(Cc3ccc(C#N)cc3)C(=O)Cc3ccsc3)c2)cc1. The van der Waals surface area contributed by atoms with Crippen LogP contribution in [0.2, 0.25) is 0 Å². The normalized spacial score (nSPS) is 11.1. The molecule has 4 aromatic rings. The third-order valence-corrected chi connectivity index (χ3v) is 8.07. The fourth-order valence-electron chi connectivity index (χ4n) is 3.85. The molecule has 6 nitrogen and oxygen atoms in total. The Kier molecular flexibility index (Phi) is 8.51. The monoisotopic (exact) mass is 529 g/mol. The van der Waals surface area contributed by atoms with Crippen LogP contribution in [0.15, 0.2) is 94.5 Å². The highest BCUT2D eigenvalue weighted by Gasteiger charge is 2.18. The average Bonchev–Trinajstić information content (AvgIpc) is 3.44. The first-order chi connectivity index (χ1) is 17.9. The van der Waals surface area contributed by atoms with E-state index >= 15 is 0 Å². The summed E-state index contributed by atoms with van der Waals surface area (Å²) in [6.07, 6.45) is 0.996. The lowest BCUT2D eigenvalue weighted by atomic mass is 10.0. The minimum Gasteiger partial charge on any atom is -0.308 e. The van der Waals surface area contributed by atoms with Crippen LogP contribution in [0.5, 0.6) is 0 Å². The largest absolute Gasteiger partial charge is 0.308 e. The lowest BCUT2D eigenvalue weighted by Crippen LogP contribution is -2.31. The van der Waals surface area contributed by atoms with Gasteiger partial charge in [-0.3, -0.25) is 4.79 Å². The van der Waals surface area contributed by atoms with Crippen LogP contribution < -0.4 is 9.62 Å². The van der Waals surface area contributed by atoms with Gasteiger partial charge in [0.1, 0.15) is 0 Å². The molecule has 4 rings (SSSR count). The Morgan fingerprint density at radius 2 is 1.73 bits per heavy atom. The number of carbonyl (C=O) groups excluding carboxylic acids is 1. The van der Waals surface area contributed by atoms with Crippen molar-refractivity contribution >= 4 is 33.0 Å². The molecule has 0 fully saturated rings. The third kappa shape index (κ3) is 6.71. The molecule has 0 aliphatic rings. The predicted octanol–water partition coefficient (Wildman–Crippen LogP) is 5.75. The van der Waals surface area contributed by atoms with Gasteiger partial charge in [0.15, 0.2) is 0 Å². The van der Waals surface area contributed by atoms with Gasteiger partial charge in [0.2, 0.25) is 15.9 Å². The van der Waals surface area contributed by atoms with Crippen LogP contribution in [-0.4, -0.2) is 20.9 Å². The molecule has 188 valence electrons. The Morgan fingerprint density at radius 3 is 2.38 bits per heavy atom. The number of anilines is 1. The van der Waals surface area contributed by atoms with Gasteiger partial charge in [-0.2, -0.15) is 16.6 Å². The summed E-state index contributed by atoms with van der Waals surface area (Å²) < 4.78 is 27.4. The lowest BCUT2D eigenvalue weighted by Gasteiger charge is -2.24. The van der Waals surface area contributed by atoms with E-state index in [9.17, 15) is 13.2 Å². The number of nitrogens with zero attached hydrogens (tertiary/aromatic N) is 2. The molecular formula is C29H27N3O3S2. The minimum absolute atomic E-state index is 0.0386. The molecule has 1 amide bonds. The number of nitriles is 1. The molecule has 0 saturated heterocycles. The van der Waals surface area contributed by atoms with Gasteiger partial charge in [-0.05, 0) is 81.9 Å². The first-order valence-electron chi connectivity index (χ1n) is 11.9. The molecule has 0 aliphatic carbocycles. The molecule has 0 aliphatic heterocycles. The summed E-state index contributed by atoms with van der Waals surface area (Å²) in [5.41, 5.74) is 4.90. The second kappa shape index (κ2) is 12.0. The lowest BCUT2D eigenvalue weighted by molar-refractivity contribution is -0.118. The van der Waals surface area contributed by atoms with E-state index in [-0.39, 0.29) is 17.2 Å². The molecule has 0 spiro atoms. The van der Waals surface area contributed by atoms with Crippen molar-refractivity contribution in [2.75, 3.05) is 11.4 Å². The molecule has 1 aromatic heterocycles. The molecule has 0 atom stereocenters. The van der Waals surface area contributed by atoms with Crippen molar-refractivity contribution < 1.29 is 13.2 Å². The molecular weight excluding hydrogens is 502 g/mol. The minimum atomic E-state index is -3.54. The van der Waals surface area contributed by atoms with Gasteiger partial charge in [0.25, 0.3) is 0 Å². The molecule has 3 aromatic carbocycles. The standard InChI is InChI=1S/C29H27N3O3S2/c1-2-15-31-37(34,35)28-12-10-25(11-13-28)26-4-3-5-27(18-26)32(29(33)17-24-14-16-36-21-24)20-23-8-6-22(19-30)7-9-23/h3-14,16,18,21,31H,2,15,17,20H2,1H3. The second-order valence-electron chi connectivity index (χ2n) is 8.57. The van der Waals surface area contributed by atoms with Crippen LogP contribution >= 0.6 is 11.3 Å². The van der Waals surface area contributed by atoms with Crippen LogP contribution in [0, 0.1) is 11.3 Å². The quantitative estimate of drug-likeness (QED) is 0.283. The number of amides is 1. The van der Waals surface area contributed by atoms with Crippen molar-refractivity contribution in [2.24, 2.45) is 0 Å². The van der Waals surface area contributed by atoms with Crippen molar-refractivity contribution in [3.8, 4) is 17.2 Å². The number of rotatable bonds is 10. The zero-order valence-electron chi connectivity index (χ0n) is 20.4. The number of sulfonamides is 1. The summed E-state index contributed by atoms with van der Waals surface area (Å²) in [5, 5.41) is 13.0. The van der Waals surface area contributed by atoms with Crippen molar-refractivity contribution in [3.05, 3.63) is 106 Å². The predicted molar refractivity (Wildman–Crippen MR) is 148 cm³/mol. The van der Waals surface area contributed by atoms with Crippen LogP contribution in [-0.2, 0) is 27.8 Å². The summed E-state index contributed by atoms with van der Waals surface area (Å²) in [4.78, 5) is 15.4. The summed E-state index contributed by atoms with van der Waals surface area (Å²) in [6.45, 7) is 2.66. The van der Waals surface area contributed by atoms with E-state index in [4.69, 9.17) is 5.26 Å². The van der Waals surface area contributed by atoms with Gasteiger partial charge in [-0.25, -0.2) is 13.1 Å². The van der Waals surface area contributed by atoms with Gasteiger partial charge in [0, 0.05) is 12.2 Å². The molecule has 8 heteroatoms. The van der Waals surface area contributed by atoms with Crippen molar-refractivity contribution in [1.82, 2.24) is 4.72 Å². The Labute approximate surface area is 221 Å². The maximum Gasteiger partial charge on any atom is 0.240 e. The molecule has 0 bridgehead atoms. The van der Waals surface area contributed by atoms with E-state index in [1.54, 1.807) is 52.6 Å². The summed E-state index contributed by atoms with van der Waals surface area (Å²) in [6, 6.07) is 25.7. The Hall–Kier alpha value is -3.77. The van der Waals surface area contributed by atoms with Gasteiger partial charge in [-0.15, -0.1) is 0 Å². The summed E-state index contributed by atoms with van der Waals surface area (Å²) in [5.74, 6) is -0.0386. The van der Waals surface area contributed by atoms with E-state index in [1.807, 2.05) is 60.1 Å². The number of hydrogen-bond donors (Lipinski definition) is 1. The van der Waals surface area contributed by atoms with E-state index in [0.29, 0.717) is 25.1 Å². The zero-order chi connectivity index (χ0) is 26.3. The number of nitrogens with one attached hydrogen (secondary N) is 1. The van der Waals surface area contributed by atoms with Crippen LogP contribution in [0.3, 0.4) is 0 Å². The number of carbonyl (C=O) groups is 1. The van der Waals surface area contributed by atoms with Crippen LogP contribution in [0.25, 0.3) is 11.1 Å². The highest BCUT2D eigenvalue weighted by Crippen LogP contribution is 2.28. The zero-order valence-corrected chi connectivity index (χ0v) is 22.1. The van der Waals surface area contributed by atoms with Crippen LogP contribution in [0.1, 0.15) is 30.0 Å². The first kappa shape index (κ1) is 26.3. The molecule has 0 saturated carbocycles. The van der Waals surface area contributed by atoms with E-state index in [0.717, 1.165) is 27.9 Å². The summed E-state index contributed by atoms with van der Waals surface area (Å²) in [7, 11) is -3.54. The topological polar surface area (TPSA) is 90.3 Å². The number of benzene rings is 3. The summed E-state index contributed by atoms with van der Waals surface area (Å²) >= 11 is 1.56. The first-order valence-corrected chi connectivity index (χ1v) is 14.3. The van der Waals surface area contributed by atoms with E-state index < -0.39 is 10.0 Å². The maximum absolute atomic E-state index is 13.4. The van der Waals surface area contributed by atoms with Crippen LogP contribution in [0.4, 0.5) is 5.69 Å². The second-order valence-corrected chi connectivity index (χ2v) is 11.1. The number of thiophene rings is 1. The molecule has 0 radical (unpaired) electrons. The smallest absolute Gasteiger partial charge is 0.240 e. The fraction of sp³-hybridized carbons (Fsp3) is 0.172. The third-order valence-electron chi connectivity index (χ3n) is 5.86. The average molecular weight is 530 g/mol. The molecule has 0 unspecified atom stereocenters. The van der Waals surface area contributed by atoms with Gasteiger partial charge < -0.3 is 4.90 Å². The van der Waals surface area contributed by atoms with Gasteiger partial charge >= 0.3 is 0 Å². The van der Waals surface area contributed by atoms with Gasteiger partial charge in [0.05, 0.1) is 29.5 Å². The van der Waals surface area contributed by atoms with Crippen molar-refractivity contribution in [2.45, 2.75) is 31.2 Å². The molecule has 1 heterocycles. The highest BCUT2D eigenvalue weighted by molar-refractivity contribution is 7.89. The van der Waals surface area contributed by atoms with E-state index in [2.05, 4.69) is 10.8 Å². The van der Waals surface area contributed by atoms with Crippen molar-refractivity contribution in [3.63, 3.8) is 0 Å². The van der Waals surface area contributed by atoms with E-state index in [1.165, 1.54) is 0 Å². The van der Waals surface area contributed by atoms with Gasteiger partial charge in [-0.1, -0.05) is 43.3 Å². The fourth-order valence-corrected chi connectivity index (χ4v) is 5.66. The Balaban J connectivity index is 1.63. The maximum atomic E-state index is 13.4. The molecule has 37 heavy (non-hydrogen) atoms. The Morgan fingerprint density at radius 1 is 0.973 bits per heavy atom.